The minimum atomic E-state index is -0.759. The van der Waals surface area contributed by atoms with E-state index in [0.29, 0.717) is 19.3 Å². The summed E-state index contributed by atoms with van der Waals surface area (Å²) in [7, 11) is 0. The average Bonchev–Trinajstić information content (AvgIpc) is 3.22. The van der Waals surface area contributed by atoms with Gasteiger partial charge in [0.05, 0.1) is 0 Å². The van der Waals surface area contributed by atoms with E-state index in [2.05, 4.69) is 20.8 Å². The molecule has 0 spiro atoms. The number of ether oxygens (including phenoxy) is 3. The van der Waals surface area contributed by atoms with Crippen molar-refractivity contribution in [3.05, 3.63) is 0 Å². The molecule has 0 unspecified atom stereocenters. The van der Waals surface area contributed by atoms with Crippen LogP contribution in [-0.4, -0.2) is 37.2 Å². The maximum absolute atomic E-state index is 12.8. The van der Waals surface area contributed by atoms with Gasteiger partial charge >= 0.3 is 17.9 Å². The van der Waals surface area contributed by atoms with Crippen LogP contribution in [0.25, 0.3) is 0 Å². The van der Waals surface area contributed by atoms with Gasteiger partial charge in [0.25, 0.3) is 0 Å². The fourth-order valence-corrected chi connectivity index (χ4v) is 7.92. The zero-order chi connectivity index (χ0) is 42.3. The Morgan fingerprint density at radius 2 is 0.466 bits per heavy atom. The molecule has 0 aromatic heterocycles. The van der Waals surface area contributed by atoms with Crippen molar-refractivity contribution in [2.75, 3.05) is 13.2 Å². The highest BCUT2D eigenvalue weighted by Crippen LogP contribution is 2.17. The fourth-order valence-electron chi connectivity index (χ4n) is 7.92. The van der Waals surface area contributed by atoms with Crippen LogP contribution >= 0.6 is 0 Å². The highest BCUT2D eigenvalue weighted by atomic mass is 16.6. The van der Waals surface area contributed by atoms with Crippen LogP contribution in [0.3, 0.4) is 0 Å². The lowest BCUT2D eigenvalue weighted by molar-refractivity contribution is -0.167. The summed E-state index contributed by atoms with van der Waals surface area (Å²) in [5, 5.41) is 0. The third-order valence-corrected chi connectivity index (χ3v) is 11.9. The molecule has 344 valence electrons. The second-order valence-electron chi connectivity index (χ2n) is 17.8. The molecule has 0 aromatic rings. The molecule has 0 rings (SSSR count). The van der Waals surface area contributed by atoms with Crippen molar-refractivity contribution in [2.24, 2.45) is 0 Å². The van der Waals surface area contributed by atoms with E-state index in [0.717, 1.165) is 57.8 Å². The van der Waals surface area contributed by atoms with E-state index in [1.54, 1.807) is 0 Å². The summed E-state index contributed by atoms with van der Waals surface area (Å²) in [4.78, 5) is 37.9. The lowest BCUT2D eigenvalue weighted by atomic mass is 10.0. The summed E-state index contributed by atoms with van der Waals surface area (Å²) in [5.74, 6) is -0.841. The SMILES string of the molecule is CCCCCCCCCCCCCCCCCCC(=O)OC[C@H](COC(=O)CCCCCCCCCCCCCC)OC(=O)CCCCCCCCCCCCCC. The van der Waals surface area contributed by atoms with Gasteiger partial charge in [-0.25, -0.2) is 0 Å². The van der Waals surface area contributed by atoms with Crippen LogP contribution in [0, 0.1) is 0 Å². The van der Waals surface area contributed by atoms with Crippen molar-refractivity contribution in [1.29, 1.82) is 0 Å². The van der Waals surface area contributed by atoms with E-state index in [-0.39, 0.29) is 31.1 Å². The molecular weight excluding hydrogens is 721 g/mol. The normalized spacial score (nSPS) is 11.8. The van der Waals surface area contributed by atoms with Gasteiger partial charge in [0.15, 0.2) is 6.10 Å². The van der Waals surface area contributed by atoms with Crippen molar-refractivity contribution in [1.82, 2.24) is 0 Å². The Morgan fingerprint density at radius 3 is 0.690 bits per heavy atom. The van der Waals surface area contributed by atoms with Crippen LogP contribution in [0.15, 0.2) is 0 Å². The summed E-state index contributed by atoms with van der Waals surface area (Å²) in [6.45, 7) is 6.68. The fraction of sp³-hybridized carbons (Fsp3) is 0.942. The van der Waals surface area contributed by atoms with Crippen molar-refractivity contribution < 1.29 is 28.6 Å². The lowest BCUT2D eigenvalue weighted by Crippen LogP contribution is -2.30. The number of carbonyl (C=O) groups excluding carboxylic acids is 3. The first-order valence-corrected chi connectivity index (χ1v) is 26.0. The molecule has 0 saturated heterocycles. The highest BCUT2D eigenvalue weighted by molar-refractivity contribution is 5.71. The smallest absolute Gasteiger partial charge is 0.306 e. The van der Waals surface area contributed by atoms with E-state index in [1.807, 2.05) is 0 Å². The summed E-state index contributed by atoms with van der Waals surface area (Å²) < 4.78 is 16.8. The summed E-state index contributed by atoms with van der Waals surface area (Å²) >= 11 is 0. The second kappa shape index (κ2) is 48.1. The molecule has 1 atom stereocenters. The van der Waals surface area contributed by atoms with Crippen molar-refractivity contribution in [3.63, 3.8) is 0 Å². The zero-order valence-corrected chi connectivity index (χ0v) is 39.3. The quantitative estimate of drug-likeness (QED) is 0.0346. The molecule has 0 heterocycles. The van der Waals surface area contributed by atoms with E-state index < -0.39 is 6.10 Å². The summed E-state index contributed by atoms with van der Waals surface area (Å²) in [6, 6.07) is 0. The van der Waals surface area contributed by atoms with Crippen molar-refractivity contribution in [2.45, 2.75) is 303 Å². The van der Waals surface area contributed by atoms with Gasteiger partial charge in [0.2, 0.25) is 0 Å². The predicted octanol–water partition coefficient (Wildman–Crippen LogP) is 16.8. The molecule has 0 N–H and O–H groups in total. The molecule has 6 heteroatoms. The molecule has 0 fully saturated rings. The van der Waals surface area contributed by atoms with E-state index >= 15 is 0 Å². The third-order valence-electron chi connectivity index (χ3n) is 11.9. The van der Waals surface area contributed by atoms with Gasteiger partial charge in [-0.05, 0) is 19.3 Å². The molecule has 0 amide bonds. The van der Waals surface area contributed by atoms with Crippen LogP contribution in [-0.2, 0) is 28.6 Å². The Balaban J connectivity index is 4.28. The first-order valence-electron chi connectivity index (χ1n) is 26.0. The standard InChI is InChI=1S/C52H100O6/c1-4-7-10-13-16-19-22-25-26-27-28-31-33-36-39-42-45-51(54)57-48-49(58-52(55)46-43-40-37-34-30-24-21-18-15-12-9-6-3)47-56-50(53)44-41-38-35-32-29-23-20-17-14-11-8-5-2/h49H,4-48H2,1-3H3/t49-/m0/s1. The summed E-state index contributed by atoms with van der Waals surface area (Å²) in [5.41, 5.74) is 0. The Hall–Kier alpha value is -1.59. The second-order valence-corrected chi connectivity index (χ2v) is 17.8. The number of rotatable bonds is 48. The van der Waals surface area contributed by atoms with Gasteiger partial charge in [0.1, 0.15) is 13.2 Å². The van der Waals surface area contributed by atoms with E-state index in [4.69, 9.17) is 14.2 Å². The van der Waals surface area contributed by atoms with Crippen LogP contribution < -0.4 is 0 Å². The van der Waals surface area contributed by atoms with Crippen LogP contribution in [0.1, 0.15) is 297 Å². The van der Waals surface area contributed by atoms with Gasteiger partial charge in [0, 0.05) is 19.3 Å². The highest BCUT2D eigenvalue weighted by Gasteiger charge is 2.19. The number of carbonyl (C=O) groups is 3. The Bertz CT molecular complexity index is 859. The predicted molar refractivity (Wildman–Crippen MR) is 247 cm³/mol. The maximum Gasteiger partial charge on any atom is 0.306 e. The Kier molecular flexibility index (Phi) is 46.8. The van der Waals surface area contributed by atoms with Gasteiger partial charge in [-0.1, -0.05) is 258 Å². The average molecular weight is 821 g/mol. The minimum absolute atomic E-state index is 0.0617. The first kappa shape index (κ1) is 56.4. The molecule has 0 aliphatic carbocycles. The van der Waals surface area contributed by atoms with Gasteiger partial charge in [-0.2, -0.15) is 0 Å². The molecule has 0 aliphatic rings. The van der Waals surface area contributed by atoms with Crippen LogP contribution in [0.4, 0.5) is 0 Å². The van der Waals surface area contributed by atoms with Crippen molar-refractivity contribution in [3.8, 4) is 0 Å². The van der Waals surface area contributed by atoms with Crippen LogP contribution in [0.2, 0.25) is 0 Å². The lowest BCUT2D eigenvalue weighted by Gasteiger charge is -2.18. The Labute approximate surface area is 361 Å². The number of hydrogen-bond acceptors (Lipinski definition) is 6. The van der Waals surface area contributed by atoms with Gasteiger partial charge < -0.3 is 14.2 Å². The molecular formula is C52H100O6. The van der Waals surface area contributed by atoms with E-state index in [9.17, 15) is 14.4 Å². The third kappa shape index (κ3) is 45.5. The molecule has 0 radical (unpaired) electrons. The number of esters is 3. The van der Waals surface area contributed by atoms with Crippen LogP contribution in [0.5, 0.6) is 0 Å². The van der Waals surface area contributed by atoms with Gasteiger partial charge in [-0.3, -0.25) is 14.4 Å². The Morgan fingerprint density at radius 1 is 0.276 bits per heavy atom. The van der Waals surface area contributed by atoms with Gasteiger partial charge in [-0.15, -0.1) is 0 Å². The minimum Gasteiger partial charge on any atom is -0.462 e. The zero-order valence-electron chi connectivity index (χ0n) is 39.3. The number of hydrogen-bond donors (Lipinski definition) is 0. The van der Waals surface area contributed by atoms with Crippen molar-refractivity contribution >= 4 is 17.9 Å². The molecule has 0 bridgehead atoms. The molecule has 0 saturated carbocycles. The van der Waals surface area contributed by atoms with E-state index in [1.165, 1.54) is 199 Å². The largest absolute Gasteiger partial charge is 0.462 e. The summed E-state index contributed by atoms with van der Waals surface area (Å²) in [6.07, 6.45) is 50.8. The number of unbranched alkanes of at least 4 members (excludes halogenated alkanes) is 37. The maximum atomic E-state index is 12.8. The monoisotopic (exact) mass is 821 g/mol. The molecule has 58 heavy (non-hydrogen) atoms. The molecule has 6 nitrogen and oxygen atoms in total. The topological polar surface area (TPSA) is 78.9 Å². The molecule has 0 aliphatic heterocycles. The molecule has 0 aromatic carbocycles. The first-order chi connectivity index (χ1) is 28.5.